The molecule has 0 saturated heterocycles. The second kappa shape index (κ2) is 6.41. The van der Waals surface area contributed by atoms with Gasteiger partial charge in [-0.15, -0.1) is 0 Å². The molecule has 2 aliphatic rings. The molecule has 0 heterocycles. The summed E-state index contributed by atoms with van der Waals surface area (Å²) in [6, 6.07) is 2.15. The van der Waals surface area contributed by atoms with E-state index in [9.17, 15) is 0 Å². The van der Waals surface area contributed by atoms with Crippen LogP contribution in [0.3, 0.4) is 0 Å². The predicted octanol–water partition coefficient (Wildman–Crippen LogP) is 1.58. The zero-order chi connectivity index (χ0) is 13.0. The lowest BCUT2D eigenvalue weighted by atomic mass is 10.3. The zero-order valence-electron chi connectivity index (χ0n) is 12.1. The lowest BCUT2D eigenvalue weighted by Crippen LogP contribution is -2.40. The van der Waals surface area contributed by atoms with Crippen molar-refractivity contribution in [2.24, 2.45) is 4.99 Å². The molecule has 0 aromatic rings. The van der Waals surface area contributed by atoms with Gasteiger partial charge in [0.05, 0.1) is 6.54 Å². The van der Waals surface area contributed by atoms with Crippen molar-refractivity contribution in [3.8, 4) is 0 Å². The molecule has 104 valence electrons. The molecular formula is C14H28N4. The highest BCUT2D eigenvalue weighted by Crippen LogP contribution is 2.28. The number of guanidine groups is 1. The Labute approximate surface area is 111 Å². The molecule has 2 N–H and O–H groups in total. The van der Waals surface area contributed by atoms with Crippen LogP contribution in [0.5, 0.6) is 0 Å². The molecule has 0 atom stereocenters. The van der Waals surface area contributed by atoms with Crippen LogP contribution in [0.1, 0.15) is 46.5 Å². The fourth-order valence-electron chi connectivity index (χ4n) is 2.29. The highest BCUT2D eigenvalue weighted by molar-refractivity contribution is 5.80. The van der Waals surface area contributed by atoms with E-state index >= 15 is 0 Å². The third-order valence-electron chi connectivity index (χ3n) is 3.57. The summed E-state index contributed by atoms with van der Waals surface area (Å²) in [5.41, 5.74) is 0. The van der Waals surface area contributed by atoms with E-state index in [1.807, 2.05) is 0 Å². The van der Waals surface area contributed by atoms with Gasteiger partial charge in [-0.05, 0) is 46.5 Å². The predicted molar refractivity (Wildman–Crippen MR) is 77.0 cm³/mol. The second-order valence-corrected chi connectivity index (χ2v) is 5.74. The van der Waals surface area contributed by atoms with Crippen molar-refractivity contribution >= 4 is 5.96 Å². The molecule has 2 fully saturated rings. The maximum atomic E-state index is 4.68. The van der Waals surface area contributed by atoms with Gasteiger partial charge in [0.15, 0.2) is 5.96 Å². The number of nitrogens with one attached hydrogen (secondary N) is 2. The second-order valence-electron chi connectivity index (χ2n) is 5.74. The minimum atomic E-state index is 0.645. The summed E-state index contributed by atoms with van der Waals surface area (Å²) >= 11 is 0. The lowest BCUT2D eigenvalue weighted by molar-refractivity contribution is 0.218. The van der Waals surface area contributed by atoms with Gasteiger partial charge < -0.3 is 10.6 Å². The van der Waals surface area contributed by atoms with E-state index < -0.39 is 0 Å². The molecule has 2 rings (SSSR count). The van der Waals surface area contributed by atoms with E-state index in [2.05, 4.69) is 41.3 Å². The van der Waals surface area contributed by atoms with E-state index in [0.29, 0.717) is 12.1 Å². The zero-order valence-corrected chi connectivity index (χ0v) is 12.1. The summed E-state index contributed by atoms with van der Waals surface area (Å²) < 4.78 is 0. The average Bonchev–Trinajstić information content (AvgIpc) is 3.16. The van der Waals surface area contributed by atoms with Crippen molar-refractivity contribution < 1.29 is 0 Å². The largest absolute Gasteiger partial charge is 0.357 e. The molecule has 0 bridgehead atoms. The Hall–Kier alpha value is -0.770. The molecule has 0 amide bonds. The summed E-state index contributed by atoms with van der Waals surface area (Å²) in [4.78, 5) is 7.27. The van der Waals surface area contributed by atoms with Crippen LogP contribution in [0, 0.1) is 0 Å². The molecule has 0 radical (unpaired) electrons. The summed E-state index contributed by atoms with van der Waals surface area (Å²) in [5.74, 6) is 1.000. The molecule has 0 aromatic heterocycles. The lowest BCUT2D eigenvalue weighted by Gasteiger charge is -2.25. The van der Waals surface area contributed by atoms with Crippen LogP contribution in [0.25, 0.3) is 0 Å². The standard InChI is InChI=1S/C14H28N4/c1-4-15-14(17-12-5-6-12)16-9-10-18(11(2)3)13-7-8-13/h11-13H,4-10H2,1-3H3,(H2,15,16,17). The third kappa shape index (κ3) is 4.48. The fourth-order valence-corrected chi connectivity index (χ4v) is 2.29. The van der Waals surface area contributed by atoms with Gasteiger partial charge >= 0.3 is 0 Å². The summed E-state index contributed by atoms with van der Waals surface area (Å²) in [7, 11) is 0. The van der Waals surface area contributed by atoms with E-state index in [0.717, 1.165) is 31.6 Å². The van der Waals surface area contributed by atoms with Crippen molar-refractivity contribution in [2.75, 3.05) is 19.6 Å². The van der Waals surface area contributed by atoms with Crippen molar-refractivity contribution in [1.82, 2.24) is 15.5 Å². The smallest absolute Gasteiger partial charge is 0.191 e. The molecule has 0 unspecified atom stereocenters. The van der Waals surface area contributed by atoms with Crippen LogP contribution in [0.15, 0.2) is 4.99 Å². The maximum Gasteiger partial charge on any atom is 0.191 e. The molecule has 0 aliphatic heterocycles. The number of hydrogen-bond donors (Lipinski definition) is 2. The van der Waals surface area contributed by atoms with Crippen LogP contribution >= 0.6 is 0 Å². The van der Waals surface area contributed by atoms with Crippen LogP contribution < -0.4 is 10.6 Å². The highest BCUT2D eigenvalue weighted by atomic mass is 15.2. The molecule has 2 saturated carbocycles. The summed E-state index contributed by atoms with van der Waals surface area (Å²) in [6.45, 7) is 9.62. The van der Waals surface area contributed by atoms with Crippen LogP contribution in [0.2, 0.25) is 0 Å². The number of rotatable bonds is 7. The Morgan fingerprint density at radius 1 is 1.28 bits per heavy atom. The minimum Gasteiger partial charge on any atom is -0.357 e. The van der Waals surface area contributed by atoms with Crippen molar-refractivity contribution in [2.45, 2.75) is 64.6 Å². The van der Waals surface area contributed by atoms with Gasteiger partial charge in [-0.25, -0.2) is 0 Å². The van der Waals surface area contributed by atoms with Gasteiger partial charge in [-0.1, -0.05) is 0 Å². The van der Waals surface area contributed by atoms with Gasteiger partial charge in [-0.2, -0.15) is 0 Å². The average molecular weight is 252 g/mol. The topological polar surface area (TPSA) is 39.7 Å². The van der Waals surface area contributed by atoms with Crippen LogP contribution in [-0.4, -0.2) is 48.6 Å². The SMILES string of the molecule is CCNC(=NCCN(C(C)C)C1CC1)NC1CC1. The molecule has 0 spiro atoms. The first-order valence-corrected chi connectivity index (χ1v) is 7.51. The van der Waals surface area contributed by atoms with E-state index in [1.54, 1.807) is 0 Å². The maximum absolute atomic E-state index is 4.68. The molecular weight excluding hydrogens is 224 g/mol. The first kappa shape index (κ1) is 13.7. The first-order chi connectivity index (χ1) is 8.70. The van der Waals surface area contributed by atoms with Gasteiger partial charge in [-0.3, -0.25) is 9.89 Å². The first-order valence-electron chi connectivity index (χ1n) is 7.51. The van der Waals surface area contributed by atoms with Crippen LogP contribution in [0.4, 0.5) is 0 Å². The molecule has 18 heavy (non-hydrogen) atoms. The summed E-state index contributed by atoms with van der Waals surface area (Å²) in [5, 5.41) is 6.78. The Balaban J connectivity index is 1.74. The fraction of sp³-hybridized carbons (Fsp3) is 0.929. The van der Waals surface area contributed by atoms with E-state index in [4.69, 9.17) is 0 Å². The van der Waals surface area contributed by atoms with Crippen LogP contribution in [-0.2, 0) is 0 Å². The summed E-state index contributed by atoms with van der Waals surface area (Å²) in [6.07, 6.45) is 5.35. The monoisotopic (exact) mass is 252 g/mol. The molecule has 4 heteroatoms. The third-order valence-corrected chi connectivity index (χ3v) is 3.57. The number of nitrogens with zero attached hydrogens (tertiary/aromatic N) is 2. The Bertz CT molecular complexity index is 278. The molecule has 0 aromatic carbocycles. The van der Waals surface area contributed by atoms with Crippen molar-refractivity contribution in [3.05, 3.63) is 0 Å². The Morgan fingerprint density at radius 3 is 2.50 bits per heavy atom. The minimum absolute atomic E-state index is 0.645. The Morgan fingerprint density at radius 2 is 2.00 bits per heavy atom. The number of aliphatic imine (C=N–C) groups is 1. The van der Waals surface area contributed by atoms with Gasteiger partial charge in [0.2, 0.25) is 0 Å². The van der Waals surface area contributed by atoms with E-state index in [-0.39, 0.29) is 0 Å². The molecule has 2 aliphatic carbocycles. The Kier molecular flexibility index (Phi) is 4.87. The van der Waals surface area contributed by atoms with E-state index in [1.165, 1.54) is 25.7 Å². The molecule has 4 nitrogen and oxygen atoms in total. The normalized spacial score (nSPS) is 20.6. The van der Waals surface area contributed by atoms with Gasteiger partial charge in [0.1, 0.15) is 0 Å². The van der Waals surface area contributed by atoms with Gasteiger partial charge in [0, 0.05) is 31.2 Å². The highest BCUT2D eigenvalue weighted by Gasteiger charge is 2.30. The van der Waals surface area contributed by atoms with Crippen molar-refractivity contribution in [1.29, 1.82) is 0 Å². The quantitative estimate of drug-likeness (QED) is 0.534. The van der Waals surface area contributed by atoms with Gasteiger partial charge in [0.25, 0.3) is 0 Å². The number of hydrogen-bond acceptors (Lipinski definition) is 2. The van der Waals surface area contributed by atoms with Crippen molar-refractivity contribution in [3.63, 3.8) is 0 Å².